The second-order valence-corrected chi connectivity index (χ2v) is 7.44. The van der Waals surface area contributed by atoms with Crippen LogP contribution in [-0.4, -0.2) is 48.2 Å². The molecule has 4 rings (SSSR count). The largest absolute Gasteiger partial charge is 0.493 e. The number of nitrogens with zero attached hydrogens (tertiary/aromatic N) is 3. The van der Waals surface area contributed by atoms with Crippen molar-refractivity contribution in [1.82, 2.24) is 15.2 Å². The van der Waals surface area contributed by atoms with Gasteiger partial charge in [0.05, 0.1) is 39.6 Å². The Morgan fingerprint density at radius 1 is 0.939 bits per heavy atom. The van der Waals surface area contributed by atoms with Crippen molar-refractivity contribution < 1.29 is 27.8 Å². The minimum absolute atomic E-state index is 0.0516. The quantitative estimate of drug-likeness (QED) is 0.359. The van der Waals surface area contributed by atoms with Crippen LogP contribution in [0.15, 0.2) is 62.9 Å². The molecule has 0 bridgehead atoms. The van der Waals surface area contributed by atoms with Crippen LogP contribution in [0.1, 0.15) is 0 Å². The molecule has 0 unspecified atom stereocenters. The fourth-order valence-electron chi connectivity index (χ4n) is 3.02. The highest BCUT2D eigenvalue weighted by Gasteiger charge is 2.19. The van der Waals surface area contributed by atoms with Crippen LogP contribution >= 0.6 is 11.8 Å². The zero-order chi connectivity index (χ0) is 23.2. The van der Waals surface area contributed by atoms with Crippen LogP contribution in [0, 0.1) is 0 Å². The molecule has 4 aromatic rings. The van der Waals surface area contributed by atoms with E-state index in [0.29, 0.717) is 51.0 Å². The Kier molecular flexibility index (Phi) is 6.79. The maximum atomic E-state index is 12.6. The van der Waals surface area contributed by atoms with Crippen LogP contribution in [0.4, 0.5) is 5.69 Å². The summed E-state index contributed by atoms with van der Waals surface area (Å²) in [4.78, 5) is 17.1. The van der Waals surface area contributed by atoms with Crippen LogP contribution < -0.4 is 19.5 Å². The van der Waals surface area contributed by atoms with E-state index in [1.165, 1.54) is 21.3 Å². The normalized spacial score (nSPS) is 10.6. The zero-order valence-corrected chi connectivity index (χ0v) is 18.8. The van der Waals surface area contributed by atoms with Gasteiger partial charge in [-0.25, -0.2) is 4.98 Å². The van der Waals surface area contributed by atoms with Gasteiger partial charge in [0.1, 0.15) is 5.69 Å². The van der Waals surface area contributed by atoms with E-state index in [0.717, 1.165) is 11.8 Å². The number of nitrogens with one attached hydrogen (secondary N) is 1. The van der Waals surface area contributed by atoms with Gasteiger partial charge in [-0.1, -0.05) is 11.8 Å². The molecule has 3 aromatic heterocycles. The molecule has 0 aliphatic carbocycles. The van der Waals surface area contributed by atoms with Crippen molar-refractivity contribution in [1.29, 1.82) is 0 Å². The van der Waals surface area contributed by atoms with E-state index in [4.69, 9.17) is 23.0 Å². The van der Waals surface area contributed by atoms with Crippen LogP contribution in [0.25, 0.3) is 22.9 Å². The highest BCUT2D eigenvalue weighted by atomic mass is 32.2. The molecule has 10 nitrogen and oxygen atoms in total. The maximum Gasteiger partial charge on any atom is 0.234 e. The van der Waals surface area contributed by atoms with Gasteiger partial charge in [-0.05, 0) is 24.3 Å². The Balaban J connectivity index is 1.49. The van der Waals surface area contributed by atoms with Crippen molar-refractivity contribution in [3.8, 4) is 40.2 Å². The number of methoxy groups -OCH3 is 3. The van der Waals surface area contributed by atoms with Crippen molar-refractivity contribution in [3.05, 3.63) is 48.9 Å². The number of ether oxygens (including phenoxy) is 3. The second kappa shape index (κ2) is 10.1. The van der Waals surface area contributed by atoms with Crippen molar-refractivity contribution >= 4 is 23.4 Å². The number of amides is 1. The lowest BCUT2D eigenvalue weighted by molar-refractivity contribution is -0.113. The van der Waals surface area contributed by atoms with Gasteiger partial charge in [0.2, 0.25) is 16.8 Å². The van der Waals surface area contributed by atoms with Gasteiger partial charge < -0.3 is 28.4 Å². The lowest BCUT2D eigenvalue weighted by Crippen LogP contribution is -2.15. The summed E-state index contributed by atoms with van der Waals surface area (Å²) >= 11 is 1.14. The van der Waals surface area contributed by atoms with E-state index in [-0.39, 0.29) is 11.7 Å². The number of anilines is 1. The van der Waals surface area contributed by atoms with Gasteiger partial charge in [-0.15, -0.1) is 10.2 Å². The lowest BCUT2D eigenvalue weighted by Gasteiger charge is -2.14. The van der Waals surface area contributed by atoms with Crippen molar-refractivity contribution in [2.24, 2.45) is 0 Å². The van der Waals surface area contributed by atoms with Crippen LogP contribution in [0.5, 0.6) is 17.2 Å². The minimum atomic E-state index is -0.271. The van der Waals surface area contributed by atoms with Crippen molar-refractivity contribution in [2.75, 3.05) is 32.4 Å². The standard InChI is InChI=1S/C22H20N4O6S/c1-28-16-10-13(11-17(29-2)21(16)30-3)23-18(27)12-33-22-24-19(14-6-4-8-31-14)20(25-26-22)15-7-5-9-32-15/h4-11H,12H2,1-3H3,(H,23,27). The van der Waals surface area contributed by atoms with E-state index < -0.39 is 0 Å². The fraction of sp³-hybridized carbons (Fsp3) is 0.182. The molecule has 0 fully saturated rings. The molecule has 0 spiro atoms. The van der Waals surface area contributed by atoms with Crippen molar-refractivity contribution in [2.45, 2.75) is 5.16 Å². The molecule has 3 heterocycles. The molecular weight excluding hydrogens is 448 g/mol. The smallest absolute Gasteiger partial charge is 0.234 e. The number of aromatic nitrogens is 3. The monoisotopic (exact) mass is 468 g/mol. The number of carbonyl (C=O) groups is 1. The van der Waals surface area contributed by atoms with Crippen LogP contribution in [0.2, 0.25) is 0 Å². The average Bonchev–Trinajstić information content (AvgIpc) is 3.56. The predicted molar refractivity (Wildman–Crippen MR) is 121 cm³/mol. The summed E-state index contributed by atoms with van der Waals surface area (Å²) in [7, 11) is 4.52. The van der Waals surface area contributed by atoms with E-state index >= 15 is 0 Å². The first-order valence-corrected chi connectivity index (χ1v) is 10.7. The Morgan fingerprint density at radius 2 is 1.58 bits per heavy atom. The second-order valence-electron chi connectivity index (χ2n) is 6.50. The summed E-state index contributed by atoms with van der Waals surface area (Å²) in [5.41, 5.74) is 1.41. The van der Waals surface area contributed by atoms with Crippen molar-refractivity contribution in [3.63, 3.8) is 0 Å². The molecule has 33 heavy (non-hydrogen) atoms. The van der Waals surface area contributed by atoms with E-state index in [1.54, 1.807) is 48.9 Å². The maximum absolute atomic E-state index is 12.6. The molecule has 0 saturated heterocycles. The van der Waals surface area contributed by atoms with E-state index in [2.05, 4.69) is 20.5 Å². The first-order valence-electron chi connectivity index (χ1n) is 9.68. The highest BCUT2D eigenvalue weighted by molar-refractivity contribution is 7.99. The third-order valence-electron chi connectivity index (χ3n) is 4.46. The number of furan rings is 2. The fourth-order valence-corrected chi connectivity index (χ4v) is 3.60. The highest BCUT2D eigenvalue weighted by Crippen LogP contribution is 2.40. The number of hydrogen-bond acceptors (Lipinski definition) is 10. The van der Waals surface area contributed by atoms with Gasteiger partial charge in [-0.2, -0.15) is 0 Å². The van der Waals surface area contributed by atoms with Gasteiger partial charge in [0, 0.05) is 17.8 Å². The Hall–Kier alpha value is -3.99. The van der Waals surface area contributed by atoms with Crippen LogP contribution in [0.3, 0.4) is 0 Å². The molecule has 0 atom stereocenters. The Bertz CT molecular complexity index is 1200. The molecular formula is C22H20N4O6S. The van der Waals surface area contributed by atoms with Gasteiger partial charge in [0.15, 0.2) is 28.7 Å². The molecule has 170 valence electrons. The van der Waals surface area contributed by atoms with Gasteiger partial charge in [0.25, 0.3) is 0 Å². The summed E-state index contributed by atoms with van der Waals surface area (Å²) in [5.74, 6) is 2.11. The van der Waals surface area contributed by atoms with Gasteiger partial charge >= 0.3 is 0 Å². The Labute approximate surface area is 193 Å². The predicted octanol–water partition coefficient (Wildman–Crippen LogP) is 4.15. The number of carbonyl (C=O) groups excluding carboxylic acids is 1. The summed E-state index contributed by atoms with van der Waals surface area (Å²) in [6.45, 7) is 0. The molecule has 11 heteroatoms. The van der Waals surface area contributed by atoms with Crippen LogP contribution in [-0.2, 0) is 4.79 Å². The van der Waals surface area contributed by atoms with E-state index in [9.17, 15) is 4.79 Å². The first kappa shape index (κ1) is 22.2. The molecule has 1 aromatic carbocycles. The summed E-state index contributed by atoms with van der Waals surface area (Å²) < 4.78 is 26.8. The molecule has 1 N–H and O–H groups in total. The van der Waals surface area contributed by atoms with Gasteiger partial charge in [-0.3, -0.25) is 4.79 Å². The molecule has 0 aliphatic heterocycles. The number of rotatable bonds is 9. The summed E-state index contributed by atoms with van der Waals surface area (Å²) in [6, 6.07) is 10.3. The zero-order valence-electron chi connectivity index (χ0n) is 18.0. The average molecular weight is 468 g/mol. The number of thioether (sulfide) groups is 1. The third-order valence-corrected chi connectivity index (χ3v) is 5.29. The molecule has 0 radical (unpaired) electrons. The summed E-state index contributed by atoms with van der Waals surface area (Å²) in [6.07, 6.45) is 3.08. The SMILES string of the molecule is COc1cc(NC(=O)CSc2nnc(-c3ccco3)c(-c3ccco3)n2)cc(OC)c1OC. The topological polar surface area (TPSA) is 122 Å². The lowest BCUT2D eigenvalue weighted by atomic mass is 10.2. The minimum Gasteiger partial charge on any atom is -0.493 e. The van der Waals surface area contributed by atoms with E-state index in [1.807, 2.05) is 0 Å². The third kappa shape index (κ3) is 4.93. The number of benzene rings is 1. The molecule has 0 saturated carbocycles. The number of hydrogen-bond donors (Lipinski definition) is 1. The first-order chi connectivity index (χ1) is 16.1. The Morgan fingerprint density at radius 3 is 2.12 bits per heavy atom. The summed E-state index contributed by atoms with van der Waals surface area (Å²) in [5, 5.41) is 11.5. The molecule has 0 aliphatic rings. The molecule has 1 amide bonds.